The first-order chi connectivity index (χ1) is 24.8. The van der Waals surface area contributed by atoms with Crippen LogP contribution in [-0.4, -0.2) is 21.2 Å². The van der Waals surface area contributed by atoms with E-state index < -0.39 is 0 Å². The van der Waals surface area contributed by atoms with Gasteiger partial charge in [0.1, 0.15) is 12.0 Å². The van der Waals surface area contributed by atoms with Gasteiger partial charge >= 0.3 is 0 Å². The van der Waals surface area contributed by atoms with E-state index in [4.69, 9.17) is 9.98 Å². The largest absolute Gasteiger partial charge is 0.355 e. The summed E-state index contributed by atoms with van der Waals surface area (Å²) in [6.45, 7) is 0. The van der Waals surface area contributed by atoms with Crippen molar-refractivity contribution in [3.8, 4) is 16.8 Å². The molecule has 3 heterocycles. The highest BCUT2D eigenvalue weighted by Gasteiger charge is 2.22. The maximum absolute atomic E-state index is 5.02. The first-order valence-electron chi connectivity index (χ1n) is 17.0. The average Bonchev–Trinajstić information content (AvgIpc) is 3.74. The number of hydrogen-bond acceptors (Lipinski definition) is 3. The number of para-hydroxylation sites is 2. The lowest BCUT2D eigenvalue weighted by molar-refractivity contribution is 0.674. The summed E-state index contributed by atoms with van der Waals surface area (Å²) < 4.78 is 2.38. The third-order valence-corrected chi connectivity index (χ3v) is 9.80. The predicted molar refractivity (Wildman–Crippen MR) is 207 cm³/mol. The molecule has 9 aromatic rings. The van der Waals surface area contributed by atoms with Crippen LogP contribution < -0.4 is 5.32 Å². The first-order valence-corrected chi connectivity index (χ1v) is 17.0. The molecule has 236 valence electrons. The Balaban J connectivity index is 1.08. The number of nitrogens with one attached hydrogen (secondary N) is 2. The lowest BCUT2D eigenvalue weighted by Crippen LogP contribution is -2.33. The zero-order valence-corrected chi connectivity index (χ0v) is 27.1. The Morgan fingerprint density at radius 1 is 0.500 bits per heavy atom. The Labute approximate surface area is 288 Å². The van der Waals surface area contributed by atoms with Crippen molar-refractivity contribution < 1.29 is 0 Å². The molecule has 1 atom stereocenters. The van der Waals surface area contributed by atoms with Gasteiger partial charge in [-0.2, -0.15) is 0 Å². The molecule has 1 unspecified atom stereocenters. The fraction of sp³-hybridized carbons (Fsp3) is 0.0222. The highest BCUT2D eigenvalue weighted by atomic mass is 15.2. The number of benzene rings is 7. The minimum absolute atomic E-state index is 0.238. The summed E-state index contributed by atoms with van der Waals surface area (Å²) in [6.07, 6.45) is -0.238. The van der Waals surface area contributed by atoms with Gasteiger partial charge in [-0.25, -0.2) is 9.98 Å². The molecule has 2 N–H and O–H groups in total. The number of hydrogen-bond donors (Lipinski definition) is 2. The fourth-order valence-electron chi connectivity index (χ4n) is 7.44. The van der Waals surface area contributed by atoms with Crippen LogP contribution in [0.3, 0.4) is 0 Å². The molecule has 0 saturated carbocycles. The summed E-state index contributed by atoms with van der Waals surface area (Å²) in [5, 5.41) is 8.56. The van der Waals surface area contributed by atoms with Crippen LogP contribution in [0.15, 0.2) is 180 Å². The van der Waals surface area contributed by atoms with E-state index in [0.717, 1.165) is 45.1 Å². The molecule has 5 heteroatoms. The van der Waals surface area contributed by atoms with Crippen LogP contribution >= 0.6 is 0 Å². The minimum atomic E-state index is -0.238. The highest BCUT2D eigenvalue weighted by molar-refractivity contribution is 6.17. The van der Waals surface area contributed by atoms with Crippen LogP contribution in [0.2, 0.25) is 0 Å². The van der Waals surface area contributed by atoms with Crippen molar-refractivity contribution in [2.24, 2.45) is 9.98 Å². The number of aromatic nitrogens is 2. The van der Waals surface area contributed by atoms with Gasteiger partial charge in [-0.15, -0.1) is 0 Å². The van der Waals surface area contributed by atoms with Crippen LogP contribution in [0, 0.1) is 0 Å². The molecule has 0 aliphatic carbocycles. The quantitative estimate of drug-likeness (QED) is 0.193. The smallest absolute Gasteiger partial charge is 0.159 e. The summed E-state index contributed by atoms with van der Waals surface area (Å²) in [5.41, 5.74) is 11.3. The van der Waals surface area contributed by atoms with Crippen molar-refractivity contribution in [2.75, 3.05) is 0 Å². The molecular weight excluding hydrogens is 611 g/mol. The monoisotopic (exact) mass is 641 g/mol. The Hall–Kier alpha value is -6.72. The lowest BCUT2D eigenvalue weighted by Gasteiger charge is -2.23. The Kier molecular flexibility index (Phi) is 6.49. The molecule has 0 fully saturated rings. The molecule has 2 aromatic heterocycles. The highest BCUT2D eigenvalue weighted by Crippen LogP contribution is 2.40. The normalized spacial score (nSPS) is 14.6. The van der Waals surface area contributed by atoms with Crippen molar-refractivity contribution in [3.63, 3.8) is 0 Å². The molecule has 7 aromatic carbocycles. The Morgan fingerprint density at radius 2 is 1.18 bits per heavy atom. The standard InChI is InChI=1S/C45H31N5/c1-3-12-29(13-4-1)43-47-44(30-14-5-2-6-15-30)49-45(48-43)31-22-25-33(26-23-31)50-40-20-10-8-17-36(40)42-34(18-11-21-41(42)50)32-24-27-39-37(28-32)35-16-7-9-19-38(35)46-39/h1-28,43,46H,(H,47,48,49). The SMILES string of the molecule is c1ccc(C2=NC(c3ccccc3)NC(c3ccc(-n4c5ccccc5c5c(-c6ccc7[nH]c8ccccc8c7c6)cccc54)cc3)=N2)cc1. The maximum atomic E-state index is 5.02. The van der Waals surface area contributed by atoms with Crippen LogP contribution in [0.1, 0.15) is 22.9 Å². The van der Waals surface area contributed by atoms with Crippen LogP contribution in [0.25, 0.3) is 60.4 Å². The molecule has 1 aliphatic heterocycles. The molecule has 0 saturated heterocycles. The van der Waals surface area contributed by atoms with E-state index in [1.165, 1.54) is 43.7 Å². The fourth-order valence-corrected chi connectivity index (χ4v) is 7.44. The van der Waals surface area contributed by atoms with Gasteiger partial charge in [-0.3, -0.25) is 0 Å². The zero-order valence-electron chi connectivity index (χ0n) is 27.1. The molecule has 50 heavy (non-hydrogen) atoms. The number of nitrogens with zero attached hydrogens (tertiary/aromatic N) is 3. The van der Waals surface area contributed by atoms with Crippen molar-refractivity contribution >= 4 is 55.3 Å². The molecule has 0 bridgehead atoms. The van der Waals surface area contributed by atoms with Gasteiger partial charge in [0.2, 0.25) is 0 Å². The van der Waals surface area contributed by atoms with Crippen LogP contribution in [0.4, 0.5) is 0 Å². The number of aliphatic imine (C=N–C) groups is 2. The number of amidine groups is 2. The van der Waals surface area contributed by atoms with Gasteiger partial charge in [-0.05, 0) is 71.3 Å². The summed E-state index contributed by atoms with van der Waals surface area (Å²) in [7, 11) is 0. The van der Waals surface area contributed by atoms with E-state index in [-0.39, 0.29) is 6.17 Å². The molecule has 10 rings (SSSR count). The second-order valence-corrected chi connectivity index (χ2v) is 12.8. The molecular formula is C45H31N5. The third-order valence-electron chi connectivity index (χ3n) is 9.80. The van der Waals surface area contributed by atoms with Crippen LogP contribution in [-0.2, 0) is 0 Å². The number of aromatic amines is 1. The van der Waals surface area contributed by atoms with E-state index >= 15 is 0 Å². The topological polar surface area (TPSA) is 57.5 Å². The summed E-state index contributed by atoms with van der Waals surface area (Å²) in [4.78, 5) is 13.6. The van der Waals surface area contributed by atoms with E-state index in [2.05, 4.69) is 148 Å². The maximum Gasteiger partial charge on any atom is 0.159 e. The van der Waals surface area contributed by atoms with Crippen molar-refractivity contribution in [1.82, 2.24) is 14.9 Å². The van der Waals surface area contributed by atoms with E-state index in [1.807, 2.05) is 36.4 Å². The van der Waals surface area contributed by atoms with Gasteiger partial charge in [-0.1, -0.05) is 115 Å². The second-order valence-electron chi connectivity index (χ2n) is 12.8. The number of rotatable bonds is 5. The average molecular weight is 642 g/mol. The van der Waals surface area contributed by atoms with Gasteiger partial charge in [0.15, 0.2) is 5.84 Å². The van der Waals surface area contributed by atoms with E-state index in [9.17, 15) is 0 Å². The Morgan fingerprint density at radius 3 is 2.02 bits per heavy atom. The van der Waals surface area contributed by atoms with Crippen molar-refractivity contribution in [2.45, 2.75) is 6.17 Å². The minimum Gasteiger partial charge on any atom is -0.355 e. The zero-order chi connectivity index (χ0) is 33.0. The van der Waals surface area contributed by atoms with Gasteiger partial charge in [0.25, 0.3) is 0 Å². The number of fused-ring (bicyclic) bond motifs is 6. The molecule has 0 amide bonds. The number of H-pyrrole nitrogens is 1. The van der Waals surface area contributed by atoms with Crippen molar-refractivity contribution in [1.29, 1.82) is 0 Å². The van der Waals surface area contributed by atoms with Gasteiger partial charge < -0.3 is 14.9 Å². The summed E-state index contributed by atoms with van der Waals surface area (Å²) in [5.74, 6) is 1.52. The van der Waals surface area contributed by atoms with Gasteiger partial charge in [0, 0.05) is 49.4 Å². The third kappa shape index (κ3) is 4.63. The first kappa shape index (κ1) is 28.3. The summed E-state index contributed by atoms with van der Waals surface area (Å²) in [6, 6.07) is 59.9. The second kappa shape index (κ2) is 11.5. The van der Waals surface area contributed by atoms with E-state index in [0.29, 0.717) is 0 Å². The molecule has 1 aliphatic rings. The Bertz CT molecular complexity index is 2770. The predicted octanol–water partition coefficient (Wildman–Crippen LogP) is 10.6. The lowest BCUT2D eigenvalue weighted by atomic mass is 9.98. The molecule has 0 spiro atoms. The van der Waals surface area contributed by atoms with Crippen LogP contribution in [0.5, 0.6) is 0 Å². The van der Waals surface area contributed by atoms with E-state index in [1.54, 1.807) is 0 Å². The molecule has 5 nitrogen and oxygen atoms in total. The van der Waals surface area contributed by atoms with Crippen molar-refractivity contribution in [3.05, 3.63) is 187 Å². The summed E-state index contributed by atoms with van der Waals surface area (Å²) >= 11 is 0. The van der Waals surface area contributed by atoms with Gasteiger partial charge in [0.05, 0.1) is 11.0 Å². The molecule has 0 radical (unpaired) electrons.